The Kier molecular flexibility index (Phi) is 9.08. The number of hydrogen-bond acceptors (Lipinski definition) is 4. The molecule has 1 unspecified atom stereocenters. The molecule has 0 bridgehead atoms. The zero-order valence-corrected chi connectivity index (χ0v) is 22.0. The standard InChI is InChI=1S/C23H30IN3O4S/c1-16(2)25-23(29)18(4)26(14-19-8-6-17(3)7-9-19)22(28)15-27(32(5,30)31)21-12-10-20(24)11-13-21/h6-13,16,18H,14-15H2,1-5H3,(H,25,29). The predicted octanol–water partition coefficient (Wildman–Crippen LogP) is 3.31. The molecule has 0 fully saturated rings. The Morgan fingerprint density at radius 1 is 1.00 bits per heavy atom. The van der Waals surface area contributed by atoms with E-state index >= 15 is 0 Å². The van der Waals surface area contributed by atoms with Gasteiger partial charge in [-0.05, 0) is 80.1 Å². The Hall–Kier alpha value is -2.14. The van der Waals surface area contributed by atoms with Crippen LogP contribution in [0.1, 0.15) is 31.9 Å². The normalized spacial score (nSPS) is 12.3. The third-order valence-electron chi connectivity index (χ3n) is 4.87. The summed E-state index contributed by atoms with van der Waals surface area (Å²) in [6.07, 6.45) is 1.07. The number of aryl methyl sites for hydroxylation is 1. The highest BCUT2D eigenvalue weighted by atomic mass is 127. The summed E-state index contributed by atoms with van der Waals surface area (Å²) in [4.78, 5) is 27.5. The molecular formula is C23H30IN3O4S. The number of anilines is 1. The van der Waals surface area contributed by atoms with E-state index in [0.717, 1.165) is 25.3 Å². The SMILES string of the molecule is Cc1ccc(CN(C(=O)CN(c2ccc(I)cc2)S(C)(=O)=O)C(C)C(=O)NC(C)C)cc1. The fourth-order valence-corrected chi connectivity index (χ4v) is 4.31. The minimum absolute atomic E-state index is 0.0828. The second-order valence-electron chi connectivity index (χ2n) is 8.09. The molecule has 1 N–H and O–H groups in total. The molecule has 2 aromatic carbocycles. The molecule has 0 aliphatic rings. The summed E-state index contributed by atoms with van der Waals surface area (Å²) < 4.78 is 27.0. The number of amides is 2. The summed E-state index contributed by atoms with van der Waals surface area (Å²) in [5.41, 5.74) is 2.34. The van der Waals surface area contributed by atoms with Gasteiger partial charge in [-0.2, -0.15) is 0 Å². The monoisotopic (exact) mass is 571 g/mol. The van der Waals surface area contributed by atoms with Crippen LogP contribution in [-0.4, -0.2) is 50.0 Å². The Morgan fingerprint density at radius 3 is 2.06 bits per heavy atom. The molecule has 2 amide bonds. The van der Waals surface area contributed by atoms with Crippen LogP contribution in [0.2, 0.25) is 0 Å². The molecule has 0 aromatic heterocycles. The smallest absolute Gasteiger partial charge is 0.244 e. The first kappa shape index (κ1) is 26.1. The summed E-state index contributed by atoms with van der Waals surface area (Å²) in [6.45, 7) is 7.11. The lowest BCUT2D eigenvalue weighted by Gasteiger charge is -2.32. The Balaban J connectivity index is 2.36. The molecule has 32 heavy (non-hydrogen) atoms. The Morgan fingerprint density at radius 2 is 1.56 bits per heavy atom. The number of hydrogen-bond donors (Lipinski definition) is 1. The second kappa shape index (κ2) is 11.1. The molecule has 0 aliphatic heterocycles. The number of rotatable bonds is 9. The molecular weight excluding hydrogens is 541 g/mol. The first-order valence-corrected chi connectivity index (χ1v) is 13.2. The van der Waals surface area contributed by atoms with Crippen molar-refractivity contribution in [1.29, 1.82) is 0 Å². The number of carbonyl (C=O) groups is 2. The number of halogens is 1. The van der Waals surface area contributed by atoms with Crippen LogP contribution in [0.4, 0.5) is 5.69 Å². The van der Waals surface area contributed by atoms with Gasteiger partial charge in [0.05, 0.1) is 11.9 Å². The molecule has 0 radical (unpaired) electrons. The van der Waals surface area contributed by atoms with Crippen LogP contribution in [0, 0.1) is 10.5 Å². The molecule has 1 atom stereocenters. The lowest BCUT2D eigenvalue weighted by atomic mass is 10.1. The first-order chi connectivity index (χ1) is 14.9. The molecule has 0 spiro atoms. The molecule has 0 heterocycles. The van der Waals surface area contributed by atoms with Crippen LogP contribution in [0.3, 0.4) is 0 Å². The van der Waals surface area contributed by atoms with Crippen LogP contribution in [0.15, 0.2) is 48.5 Å². The van der Waals surface area contributed by atoms with Crippen molar-refractivity contribution in [2.45, 2.75) is 46.3 Å². The van der Waals surface area contributed by atoms with Gasteiger partial charge in [0, 0.05) is 16.2 Å². The quantitative estimate of drug-likeness (QED) is 0.468. The summed E-state index contributed by atoms with van der Waals surface area (Å²) in [5.74, 6) is -0.749. The topological polar surface area (TPSA) is 86.8 Å². The third-order valence-corrected chi connectivity index (χ3v) is 6.73. The lowest BCUT2D eigenvalue weighted by Crippen LogP contribution is -2.52. The zero-order chi connectivity index (χ0) is 24.1. The van der Waals surface area contributed by atoms with Crippen molar-refractivity contribution in [3.05, 3.63) is 63.2 Å². The van der Waals surface area contributed by atoms with E-state index in [2.05, 4.69) is 27.9 Å². The third kappa shape index (κ3) is 7.47. The van der Waals surface area contributed by atoms with Gasteiger partial charge in [0.15, 0.2) is 0 Å². The van der Waals surface area contributed by atoms with Gasteiger partial charge in [-0.1, -0.05) is 29.8 Å². The van der Waals surface area contributed by atoms with Gasteiger partial charge in [-0.25, -0.2) is 8.42 Å². The van der Waals surface area contributed by atoms with Crippen LogP contribution < -0.4 is 9.62 Å². The maximum atomic E-state index is 13.4. The van der Waals surface area contributed by atoms with E-state index in [4.69, 9.17) is 0 Å². The van der Waals surface area contributed by atoms with Gasteiger partial charge in [0.2, 0.25) is 21.8 Å². The number of sulfonamides is 1. The van der Waals surface area contributed by atoms with Gasteiger partial charge in [-0.15, -0.1) is 0 Å². The predicted molar refractivity (Wildman–Crippen MR) is 136 cm³/mol. The van der Waals surface area contributed by atoms with Crippen LogP contribution in [-0.2, 0) is 26.2 Å². The van der Waals surface area contributed by atoms with Gasteiger partial charge in [-0.3, -0.25) is 13.9 Å². The van der Waals surface area contributed by atoms with Crippen molar-refractivity contribution in [2.75, 3.05) is 17.1 Å². The molecule has 0 saturated carbocycles. The largest absolute Gasteiger partial charge is 0.352 e. The van der Waals surface area contributed by atoms with E-state index in [9.17, 15) is 18.0 Å². The molecule has 9 heteroatoms. The van der Waals surface area contributed by atoms with E-state index in [0.29, 0.717) is 5.69 Å². The van der Waals surface area contributed by atoms with Crippen molar-refractivity contribution in [3.63, 3.8) is 0 Å². The summed E-state index contributed by atoms with van der Waals surface area (Å²) in [7, 11) is -3.72. The second-order valence-corrected chi connectivity index (χ2v) is 11.2. The van der Waals surface area contributed by atoms with Gasteiger partial charge < -0.3 is 10.2 Å². The van der Waals surface area contributed by atoms with Crippen molar-refractivity contribution < 1.29 is 18.0 Å². The highest BCUT2D eigenvalue weighted by Gasteiger charge is 2.30. The highest BCUT2D eigenvalue weighted by molar-refractivity contribution is 14.1. The molecule has 174 valence electrons. The highest BCUT2D eigenvalue weighted by Crippen LogP contribution is 2.20. The summed E-state index contributed by atoms with van der Waals surface area (Å²) in [5, 5.41) is 2.83. The van der Waals surface area contributed by atoms with Gasteiger partial charge in [0.1, 0.15) is 12.6 Å². The van der Waals surface area contributed by atoms with E-state index < -0.39 is 28.5 Å². The molecule has 0 aliphatic carbocycles. The van der Waals surface area contributed by atoms with E-state index in [1.54, 1.807) is 31.2 Å². The lowest BCUT2D eigenvalue weighted by molar-refractivity contribution is -0.139. The van der Waals surface area contributed by atoms with E-state index in [1.165, 1.54) is 4.90 Å². The number of nitrogens with zero attached hydrogens (tertiary/aromatic N) is 2. The van der Waals surface area contributed by atoms with Crippen LogP contribution >= 0.6 is 22.6 Å². The average Bonchev–Trinajstić information content (AvgIpc) is 2.70. The average molecular weight is 571 g/mol. The fourth-order valence-electron chi connectivity index (χ4n) is 3.10. The summed E-state index contributed by atoms with van der Waals surface area (Å²) in [6, 6.07) is 13.7. The van der Waals surface area contributed by atoms with Crippen molar-refractivity contribution in [2.24, 2.45) is 0 Å². The molecule has 0 saturated heterocycles. The van der Waals surface area contributed by atoms with Crippen molar-refractivity contribution in [3.8, 4) is 0 Å². The minimum atomic E-state index is -3.72. The van der Waals surface area contributed by atoms with Crippen LogP contribution in [0.25, 0.3) is 0 Å². The van der Waals surface area contributed by atoms with Crippen molar-refractivity contribution >= 4 is 50.1 Å². The number of carbonyl (C=O) groups excluding carboxylic acids is 2. The summed E-state index contributed by atoms with van der Waals surface area (Å²) >= 11 is 2.13. The molecule has 2 aromatic rings. The maximum absolute atomic E-state index is 13.4. The van der Waals surface area contributed by atoms with Gasteiger partial charge in [0.25, 0.3) is 0 Å². The first-order valence-electron chi connectivity index (χ1n) is 10.3. The van der Waals surface area contributed by atoms with Crippen LogP contribution in [0.5, 0.6) is 0 Å². The zero-order valence-electron chi connectivity index (χ0n) is 19.0. The number of benzene rings is 2. The molecule has 2 rings (SSSR count). The molecule has 7 nitrogen and oxygen atoms in total. The Labute approximate surface area is 204 Å². The van der Waals surface area contributed by atoms with E-state index in [-0.39, 0.29) is 18.5 Å². The van der Waals surface area contributed by atoms with Gasteiger partial charge >= 0.3 is 0 Å². The minimum Gasteiger partial charge on any atom is -0.352 e. The van der Waals surface area contributed by atoms with Crippen molar-refractivity contribution in [1.82, 2.24) is 10.2 Å². The number of nitrogens with one attached hydrogen (secondary N) is 1. The maximum Gasteiger partial charge on any atom is 0.244 e. The fraction of sp³-hybridized carbons (Fsp3) is 0.391. The van der Waals surface area contributed by atoms with E-state index in [1.807, 2.05) is 45.0 Å². The Bertz CT molecular complexity index is 1040.